The van der Waals surface area contributed by atoms with Crippen LogP contribution in [0.25, 0.3) is 0 Å². The van der Waals surface area contributed by atoms with E-state index in [1.807, 2.05) is 13.8 Å². The molecule has 8 heteroatoms. The van der Waals surface area contributed by atoms with Crippen LogP contribution in [0, 0.1) is 0 Å². The summed E-state index contributed by atoms with van der Waals surface area (Å²) < 4.78 is 27.1. The number of amides is 2. The van der Waals surface area contributed by atoms with Crippen molar-refractivity contribution in [2.75, 3.05) is 13.1 Å². The van der Waals surface area contributed by atoms with Crippen LogP contribution in [0.5, 0.6) is 0 Å². The van der Waals surface area contributed by atoms with Crippen molar-refractivity contribution >= 4 is 21.8 Å². The molecule has 0 aliphatic carbocycles. The Balaban J connectivity index is 2.02. The summed E-state index contributed by atoms with van der Waals surface area (Å²) in [5.41, 5.74) is 0. The fourth-order valence-electron chi connectivity index (χ4n) is 2.99. The zero-order valence-corrected chi connectivity index (χ0v) is 16.1. The number of piperidine rings is 1. The first-order valence-electron chi connectivity index (χ1n) is 8.96. The van der Waals surface area contributed by atoms with Crippen LogP contribution in [0.15, 0.2) is 35.2 Å². The van der Waals surface area contributed by atoms with E-state index in [4.69, 9.17) is 0 Å². The fraction of sp³-hybridized carbons (Fsp3) is 0.556. The van der Waals surface area contributed by atoms with E-state index in [1.54, 1.807) is 18.2 Å². The van der Waals surface area contributed by atoms with Crippen LogP contribution in [-0.4, -0.2) is 49.7 Å². The number of rotatable bonds is 7. The molecule has 1 aromatic carbocycles. The molecule has 0 saturated carbocycles. The van der Waals surface area contributed by atoms with Crippen molar-refractivity contribution in [1.29, 1.82) is 0 Å². The molecule has 0 aromatic heterocycles. The zero-order valence-electron chi connectivity index (χ0n) is 15.3. The molecule has 2 rings (SSSR count). The van der Waals surface area contributed by atoms with E-state index in [0.29, 0.717) is 13.0 Å². The van der Waals surface area contributed by atoms with Gasteiger partial charge in [-0.05, 0) is 38.8 Å². The van der Waals surface area contributed by atoms with E-state index < -0.39 is 16.1 Å². The van der Waals surface area contributed by atoms with Gasteiger partial charge in [-0.25, -0.2) is 8.42 Å². The number of carbonyl (C=O) groups excluding carboxylic acids is 2. The van der Waals surface area contributed by atoms with Crippen molar-refractivity contribution in [2.24, 2.45) is 0 Å². The van der Waals surface area contributed by atoms with Gasteiger partial charge in [0.15, 0.2) is 0 Å². The second-order valence-electron chi connectivity index (χ2n) is 6.70. The molecular formula is C18H27N3O4S. The maximum Gasteiger partial charge on any atom is 0.243 e. The average Bonchev–Trinajstić information content (AvgIpc) is 2.61. The van der Waals surface area contributed by atoms with E-state index in [0.717, 1.165) is 12.8 Å². The number of benzene rings is 1. The van der Waals surface area contributed by atoms with Crippen LogP contribution >= 0.6 is 0 Å². The molecule has 1 fully saturated rings. The molecule has 1 atom stereocenters. The number of nitrogens with zero attached hydrogens (tertiary/aromatic N) is 1. The molecule has 1 saturated heterocycles. The predicted molar refractivity (Wildman–Crippen MR) is 98.9 cm³/mol. The van der Waals surface area contributed by atoms with Gasteiger partial charge in [-0.2, -0.15) is 4.31 Å². The molecule has 1 aliphatic heterocycles. The quantitative estimate of drug-likeness (QED) is 0.743. The summed E-state index contributed by atoms with van der Waals surface area (Å²) in [5, 5.41) is 5.46. The lowest BCUT2D eigenvalue weighted by Gasteiger charge is -2.33. The van der Waals surface area contributed by atoms with Crippen LogP contribution in [0.2, 0.25) is 0 Å². The molecule has 0 spiro atoms. The Bertz CT molecular complexity index is 719. The highest BCUT2D eigenvalue weighted by molar-refractivity contribution is 7.89. The minimum Gasteiger partial charge on any atom is -0.354 e. The number of carbonyl (C=O) groups is 2. The Kier molecular flexibility index (Phi) is 7.16. The monoisotopic (exact) mass is 381 g/mol. The first kappa shape index (κ1) is 20.4. The first-order chi connectivity index (χ1) is 12.3. The lowest BCUT2D eigenvalue weighted by molar-refractivity contribution is -0.126. The van der Waals surface area contributed by atoms with E-state index in [9.17, 15) is 18.0 Å². The van der Waals surface area contributed by atoms with Crippen molar-refractivity contribution in [3.63, 3.8) is 0 Å². The average molecular weight is 381 g/mol. The number of nitrogens with one attached hydrogen (secondary N) is 2. The van der Waals surface area contributed by atoms with E-state index in [2.05, 4.69) is 10.6 Å². The fourth-order valence-corrected chi connectivity index (χ4v) is 4.67. The topological polar surface area (TPSA) is 95.6 Å². The summed E-state index contributed by atoms with van der Waals surface area (Å²) in [6, 6.07) is 7.47. The first-order valence-corrected chi connectivity index (χ1v) is 10.4. The minimum absolute atomic E-state index is 0.0445. The molecule has 2 amide bonds. The standard InChI is InChI=1S/C18H27N3O4S/c1-14(2)20-17(22)11-12-19-18(23)16-10-6-7-13-21(16)26(24,25)15-8-4-3-5-9-15/h3-5,8-9,14,16H,6-7,10-13H2,1-2H3,(H,19,23)(H,20,22). The molecule has 0 radical (unpaired) electrons. The molecule has 1 aromatic rings. The van der Waals surface area contributed by atoms with Gasteiger partial charge in [0.1, 0.15) is 6.04 Å². The molecule has 0 bridgehead atoms. The third-order valence-electron chi connectivity index (χ3n) is 4.21. The van der Waals surface area contributed by atoms with E-state index >= 15 is 0 Å². The van der Waals surface area contributed by atoms with Crippen molar-refractivity contribution in [3.05, 3.63) is 30.3 Å². The summed E-state index contributed by atoms with van der Waals surface area (Å²) in [4.78, 5) is 24.4. The third kappa shape index (κ3) is 5.28. The molecule has 144 valence electrons. The highest BCUT2D eigenvalue weighted by Gasteiger charge is 2.37. The summed E-state index contributed by atoms with van der Waals surface area (Å²) in [7, 11) is -3.72. The van der Waals surface area contributed by atoms with Gasteiger partial charge < -0.3 is 10.6 Å². The smallest absolute Gasteiger partial charge is 0.243 e. The van der Waals surface area contributed by atoms with Gasteiger partial charge in [0.2, 0.25) is 21.8 Å². The predicted octanol–water partition coefficient (Wildman–Crippen LogP) is 1.26. The van der Waals surface area contributed by atoms with Crippen LogP contribution in [0.4, 0.5) is 0 Å². The van der Waals surface area contributed by atoms with Gasteiger partial charge in [-0.15, -0.1) is 0 Å². The van der Waals surface area contributed by atoms with Gasteiger partial charge in [0, 0.05) is 25.6 Å². The maximum absolute atomic E-state index is 12.9. The zero-order chi connectivity index (χ0) is 19.2. The second-order valence-corrected chi connectivity index (χ2v) is 8.59. The minimum atomic E-state index is -3.72. The van der Waals surface area contributed by atoms with Crippen molar-refractivity contribution in [1.82, 2.24) is 14.9 Å². The van der Waals surface area contributed by atoms with Gasteiger partial charge in [-0.3, -0.25) is 9.59 Å². The Hall–Kier alpha value is -1.93. The Morgan fingerprint density at radius 1 is 1.19 bits per heavy atom. The van der Waals surface area contributed by atoms with Gasteiger partial charge in [-0.1, -0.05) is 24.6 Å². The lowest BCUT2D eigenvalue weighted by Crippen LogP contribution is -2.52. The van der Waals surface area contributed by atoms with E-state index in [1.165, 1.54) is 16.4 Å². The van der Waals surface area contributed by atoms with Gasteiger partial charge >= 0.3 is 0 Å². The molecule has 1 heterocycles. The second kappa shape index (κ2) is 9.14. The van der Waals surface area contributed by atoms with Crippen LogP contribution < -0.4 is 10.6 Å². The number of hydrogen-bond donors (Lipinski definition) is 2. The molecule has 26 heavy (non-hydrogen) atoms. The molecule has 2 N–H and O–H groups in total. The molecular weight excluding hydrogens is 354 g/mol. The highest BCUT2D eigenvalue weighted by atomic mass is 32.2. The SMILES string of the molecule is CC(C)NC(=O)CCNC(=O)C1CCCCN1S(=O)(=O)c1ccccc1. The van der Waals surface area contributed by atoms with Crippen LogP contribution in [0.3, 0.4) is 0 Å². The Morgan fingerprint density at radius 2 is 1.88 bits per heavy atom. The van der Waals surface area contributed by atoms with Gasteiger partial charge in [0.25, 0.3) is 0 Å². The molecule has 7 nitrogen and oxygen atoms in total. The maximum atomic E-state index is 12.9. The largest absolute Gasteiger partial charge is 0.354 e. The normalized spacial score (nSPS) is 18.5. The summed E-state index contributed by atoms with van der Waals surface area (Å²) in [6.07, 6.45) is 2.18. The van der Waals surface area contributed by atoms with Crippen LogP contribution in [0.1, 0.15) is 39.5 Å². The summed E-state index contributed by atoms with van der Waals surface area (Å²) in [6.45, 7) is 4.24. The third-order valence-corrected chi connectivity index (χ3v) is 6.13. The number of hydrogen-bond acceptors (Lipinski definition) is 4. The lowest BCUT2D eigenvalue weighted by atomic mass is 10.0. The van der Waals surface area contributed by atoms with Crippen LogP contribution in [-0.2, 0) is 19.6 Å². The number of sulfonamides is 1. The van der Waals surface area contributed by atoms with Gasteiger partial charge in [0.05, 0.1) is 4.90 Å². The van der Waals surface area contributed by atoms with E-state index in [-0.39, 0.29) is 35.7 Å². The molecule has 1 aliphatic rings. The summed E-state index contributed by atoms with van der Waals surface area (Å²) in [5.74, 6) is -0.487. The Labute approximate surface area is 155 Å². The van der Waals surface area contributed by atoms with Crippen molar-refractivity contribution in [2.45, 2.75) is 56.5 Å². The van der Waals surface area contributed by atoms with Crippen molar-refractivity contribution in [3.8, 4) is 0 Å². The molecule has 1 unspecified atom stereocenters. The summed E-state index contributed by atoms with van der Waals surface area (Å²) >= 11 is 0. The van der Waals surface area contributed by atoms with Crippen molar-refractivity contribution < 1.29 is 18.0 Å². The highest BCUT2D eigenvalue weighted by Crippen LogP contribution is 2.25. The Morgan fingerprint density at radius 3 is 2.54 bits per heavy atom.